The Labute approximate surface area is 175 Å². The molecule has 140 valence electrons. The minimum atomic E-state index is -0.225. The molecule has 1 amide bonds. The van der Waals surface area contributed by atoms with Crippen molar-refractivity contribution in [2.24, 2.45) is 0 Å². The molecule has 5 nitrogen and oxygen atoms in total. The largest absolute Gasteiger partial charge is 0.507 e. The van der Waals surface area contributed by atoms with Crippen LogP contribution in [0.3, 0.4) is 0 Å². The van der Waals surface area contributed by atoms with Gasteiger partial charge in [0.2, 0.25) is 5.89 Å². The molecule has 28 heavy (non-hydrogen) atoms. The lowest BCUT2D eigenvalue weighted by Crippen LogP contribution is -2.11. The molecule has 4 rings (SSSR count). The van der Waals surface area contributed by atoms with Crippen LogP contribution in [0.25, 0.3) is 22.6 Å². The standard InChI is InChI=1S/C22H17IN2O3/c1-12-9-18-20(10-13(12)2)28-22(25-18)17-11-16(7-8-19(17)26)24-21(27)14-3-5-15(23)6-4-14/h3-11,26H,1-2H3,(H,24,27). The van der Waals surface area contributed by atoms with Crippen molar-refractivity contribution in [3.05, 3.63) is 74.9 Å². The first-order valence-electron chi connectivity index (χ1n) is 8.69. The van der Waals surface area contributed by atoms with E-state index in [4.69, 9.17) is 4.42 Å². The lowest BCUT2D eigenvalue weighted by atomic mass is 10.1. The number of rotatable bonds is 3. The van der Waals surface area contributed by atoms with E-state index in [9.17, 15) is 9.90 Å². The number of anilines is 1. The fraction of sp³-hybridized carbons (Fsp3) is 0.0909. The fourth-order valence-corrected chi connectivity index (χ4v) is 3.24. The van der Waals surface area contributed by atoms with E-state index >= 15 is 0 Å². The Bertz CT molecular complexity index is 1160. The smallest absolute Gasteiger partial charge is 0.255 e. The first-order valence-corrected chi connectivity index (χ1v) is 9.77. The van der Waals surface area contributed by atoms with Gasteiger partial charge in [-0.1, -0.05) is 0 Å². The number of nitrogens with one attached hydrogen (secondary N) is 1. The van der Waals surface area contributed by atoms with Gasteiger partial charge in [-0.3, -0.25) is 4.79 Å². The molecule has 0 aliphatic rings. The maximum atomic E-state index is 12.5. The lowest BCUT2D eigenvalue weighted by Gasteiger charge is -2.08. The number of hydrogen-bond acceptors (Lipinski definition) is 4. The third-order valence-electron chi connectivity index (χ3n) is 4.60. The molecule has 4 aromatic rings. The maximum Gasteiger partial charge on any atom is 0.255 e. The third kappa shape index (κ3) is 3.60. The van der Waals surface area contributed by atoms with Crippen LogP contribution in [0.2, 0.25) is 0 Å². The minimum Gasteiger partial charge on any atom is -0.507 e. The van der Waals surface area contributed by atoms with Crippen LogP contribution in [0, 0.1) is 17.4 Å². The third-order valence-corrected chi connectivity index (χ3v) is 5.31. The Morgan fingerprint density at radius 2 is 1.75 bits per heavy atom. The number of fused-ring (bicyclic) bond motifs is 1. The van der Waals surface area contributed by atoms with Gasteiger partial charge in [0.15, 0.2) is 5.58 Å². The van der Waals surface area contributed by atoms with Crippen molar-refractivity contribution in [1.82, 2.24) is 4.98 Å². The number of phenolic OH excluding ortho intramolecular Hbond substituents is 1. The molecule has 6 heteroatoms. The summed E-state index contributed by atoms with van der Waals surface area (Å²) in [6.07, 6.45) is 0. The molecule has 0 fully saturated rings. The quantitative estimate of drug-likeness (QED) is 0.290. The molecule has 0 spiro atoms. The van der Waals surface area contributed by atoms with E-state index in [2.05, 4.69) is 32.9 Å². The number of benzene rings is 3. The van der Waals surface area contributed by atoms with E-state index in [1.807, 2.05) is 38.1 Å². The molecule has 0 radical (unpaired) electrons. The number of carbonyl (C=O) groups is 1. The van der Waals surface area contributed by atoms with Crippen LogP contribution in [-0.2, 0) is 0 Å². The van der Waals surface area contributed by atoms with Gasteiger partial charge in [0, 0.05) is 14.8 Å². The number of aromatic hydroxyl groups is 1. The van der Waals surface area contributed by atoms with Gasteiger partial charge in [-0.2, -0.15) is 0 Å². The highest BCUT2D eigenvalue weighted by Crippen LogP contribution is 2.34. The zero-order chi connectivity index (χ0) is 19.8. The summed E-state index contributed by atoms with van der Waals surface area (Å²) in [7, 11) is 0. The highest BCUT2D eigenvalue weighted by molar-refractivity contribution is 14.1. The Morgan fingerprint density at radius 3 is 2.50 bits per heavy atom. The molecule has 0 bridgehead atoms. The van der Waals surface area contributed by atoms with E-state index in [-0.39, 0.29) is 11.7 Å². The summed E-state index contributed by atoms with van der Waals surface area (Å²) in [5, 5.41) is 13.1. The molecule has 0 aliphatic carbocycles. The maximum absolute atomic E-state index is 12.5. The van der Waals surface area contributed by atoms with E-state index in [1.165, 1.54) is 6.07 Å². The number of phenols is 1. The fourth-order valence-electron chi connectivity index (χ4n) is 2.88. The molecular weight excluding hydrogens is 467 g/mol. The second-order valence-electron chi connectivity index (χ2n) is 6.62. The highest BCUT2D eigenvalue weighted by atomic mass is 127. The van der Waals surface area contributed by atoms with Gasteiger partial charge in [0.05, 0.1) is 5.56 Å². The minimum absolute atomic E-state index is 0.0345. The van der Waals surface area contributed by atoms with Gasteiger partial charge in [0.1, 0.15) is 11.3 Å². The number of aryl methyl sites for hydroxylation is 2. The van der Waals surface area contributed by atoms with Crippen molar-refractivity contribution in [2.45, 2.75) is 13.8 Å². The van der Waals surface area contributed by atoms with Crippen LogP contribution in [0.1, 0.15) is 21.5 Å². The summed E-state index contributed by atoms with van der Waals surface area (Å²) >= 11 is 2.19. The number of nitrogens with zero attached hydrogens (tertiary/aromatic N) is 1. The van der Waals surface area contributed by atoms with E-state index in [0.29, 0.717) is 28.3 Å². The number of oxazole rings is 1. The monoisotopic (exact) mass is 484 g/mol. The number of amides is 1. The van der Waals surface area contributed by atoms with Crippen molar-refractivity contribution in [3.8, 4) is 17.2 Å². The topological polar surface area (TPSA) is 75.4 Å². The SMILES string of the molecule is Cc1cc2nc(-c3cc(NC(=O)c4ccc(I)cc4)ccc3O)oc2cc1C. The Hall–Kier alpha value is -2.87. The average molecular weight is 484 g/mol. The van der Waals surface area contributed by atoms with Gasteiger partial charge in [0.25, 0.3) is 5.91 Å². The van der Waals surface area contributed by atoms with Gasteiger partial charge in [-0.15, -0.1) is 0 Å². The number of carbonyl (C=O) groups excluding carboxylic acids is 1. The van der Waals surface area contributed by atoms with Crippen molar-refractivity contribution < 1.29 is 14.3 Å². The van der Waals surface area contributed by atoms with Crippen molar-refractivity contribution in [3.63, 3.8) is 0 Å². The zero-order valence-electron chi connectivity index (χ0n) is 15.3. The van der Waals surface area contributed by atoms with Crippen molar-refractivity contribution in [1.29, 1.82) is 0 Å². The Balaban J connectivity index is 1.67. The molecule has 3 aromatic carbocycles. The van der Waals surface area contributed by atoms with Crippen LogP contribution < -0.4 is 5.32 Å². The zero-order valence-corrected chi connectivity index (χ0v) is 17.4. The van der Waals surface area contributed by atoms with Gasteiger partial charge in [-0.05, 0) is 102 Å². The molecule has 2 N–H and O–H groups in total. The second kappa shape index (κ2) is 7.27. The molecule has 0 saturated heterocycles. The summed E-state index contributed by atoms with van der Waals surface area (Å²) in [5.41, 5.74) is 5.14. The molecular formula is C22H17IN2O3. The van der Waals surface area contributed by atoms with E-state index in [0.717, 1.165) is 20.2 Å². The first kappa shape index (κ1) is 18.5. The summed E-state index contributed by atoms with van der Waals surface area (Å²) in [5.74, 6) is 0.118. The van der Waals surface area contributed by atoms with Gasteiger partial charge in [-0.25, -0.2) is 4.98 Å². The normalized spacial score (nSPS) is 11.0. The summed E-state index contributed by atoms with van der Waals surface area (Å²) in [6.45, 7) is 4.02. The van der Waals surface area contributed by atoms with Crippen LogP contribution in [0.5, 0.6) is 5.75 Å². The number of hydrogen-bond donors (Lipinski definition) is 2. The molecule has 1 heterocycles. The molecule has 1 aromatic heterocycles. The Kier molecular flexibility index (Phi) is 4.80. The van der Waals surface area contributed by atoms with E-state index in [1.54, 1.807) is 24.3 Å². The first-order chi connectivity index (χ1) is 13.4. The summed E-state index contributed by atoms with van der Waals surface area (Å²) in [6, 6.07) is 16.0. The predicted octanol–water partition coefficient (Wildman–Crippen LogP) is 5.67. The molecule has 0 aliphatic heterocycles. The van der Waals surface area contributed by atoms with Gasteiger partial charge < -0.3 is 14.8 Å². The number of halogens is 1. The van der Waals surface area contributed by atoms with Crippen LogP contribution in [-0.4, -0.2) is 16.0 Å². The van der Waals surface area contributed by atoms with Crippen LogP contribution >= 0.6 is 22.6 Å². The average Bonchev–Trinajstić information content (AvgIpc) is 3.06. The Morgan fingerprint density at radius 1 is 1.04 bits per heavy atom. The van der Waals surface area contributed by atoms with Crippen molar-refractivity contribution >= 4 is 45.3 Å². The summed E-state index contributed by atoms with van der Waals surface area (Å²) < 4.78 is 6.90. The lowest BCUT2D eigenvalue weighted by molar-refractivity contribution is 0.102. The molecule has 0 atom stereocenters. The predicted molar refractivity (Wildman–Crippen MR) is 118 cm³/mol. The van der Waals surface area contributed by atoms with Crippen LogP contribution in [0.15, 0.2) is 59.0 Å². The number of aromatic nitrogens is 1. The molecule has 0 unspecified atom stereocenters. The van der Waals surface area contributed by atoms with Gasteiger partial charge >= 0.3 is 0 Å². The summed E-state index contributed by atoms with van der Waals surface area (Å²) in [4.78, 5) is 17.0. The van der Waals surface area contributed by atoms with Crippen molar-refractivity contribution in [2.75, 3.05) is 5.32 Å². The van der Waals surface area contributed by atoms with Crippen LogP contribution in [0.4, 0.5) is 5.69 Å². The van der Waals surface area contributed by atoms with E-state index < -0.39 is 0 Å². The molecule has 0 saturated carbocycles. The highest BCUT2D eigenvalue weighted by Gasteiger charge is 2.15. The second-order valence-corrected chi connectivity index (χ2v) is 7.86.